The molecular weight excluding hydrogens is 290 g/mol. The van der Waals surface area contributed by atoms with Crippen molar-refractivity contribution in [3.8, 4) is 5.75 Å². The van der Waals surface area contributed by atoms with Crippen LogP contribution in [0.15, 0.2) is 54.6 Å². The van der Waals surface area contributed by atoms with E-state index in [1.807, 2.05) is 49.4 Å². The molecule has 0 aliphatic carbocycles. The molecule has 0 bridgehead atoms. The van der Waals surface area contributed by atoms with E-state index in [4.69, 9.17) is 9.84 Å². The molecule has 2 aromatic carbocycles. The van der Waals surface area contributed by atoms with E-state index in [2.05, 4.69) is 5.32 Å². The number of amides is 1. The van der Waals surface area contributed by atoms with Gasteiger partial charge in [-0.3, -0.25) is 4.79 Å². The van der Waals surface area contributed by atoms with Gasteiger partial charge in [-0.05, 0) is 36.6 Å². The molecule has 0 aliphatic rings. The quantitative estimate of drug-likeness (QED) is 0.787. The molecule has 122 valence electrons. The summed E-state index contributed by atoms with van der Waals surface area (Å²) < 4.78 is 5.74. The molecule has 0 aromatic heterocycles. The number of rotatable bonds is 8. The average molecular weight is 313 g/mol. The van der Waals surface area contributed by atoms with Gasteiger partial charge < -0.3 is 15.2 Å². The summed E-state index contributed by atoms with van der Waals surface area (Å²) in [7, 11) is 0. The van der Waals surface area contributed by atoms with Crippen molar-refractivity contribution in [1.29, 1.82) is 0 Å². The van der Waals surface area contributed by atoms with Crippen molar-refractivity contribution in [3.05, 3.63) is 65.7 Å². The molecule has 4 nitrogen and oxygen atoms in total. The van der Waals surface area contributed by atoms with Crippen LogP contribution in [0.4, 0.5) is 0 Å². The Morgan fingerprint density at radius 3 is 2.65 bits per heavy atom. The van der Waals surface area contributed by atoms with Crippen molar-refractivity contribution in [1.82, 2.24) is 5.32 Å². The highest BCUT2D eigenvalue weighted by Crippen LogP contribution is 2.15. The van der Waals surface area contributed by atoms with Gasteiger partial charge in [0.15, 0.2) is 0 Å². The zero-order valence-electron chi connectivity index (χ0n) is 13.4. The number of hydrogen-bond acceptors (Lipinski definition) is 3. The van der Waals surface area contributed by atoms with Crippen LogP contribution in [-0.4, -0.2) is 23.7 Å². The predicted molar refractivity (Wildman–Crippen MR) is 90.5 cm³/mol. The van der Waals surface area contributed by atoms with E-state index in [1.54, 1.807) is 12.1 Å². The summed E-state index contributed by atoms with van der Waals surface area (Å²) >= 11 is 0. The Labute approximate surface area is 137 Å². The number of aliphatic hydroxyl groups is 1. The molecule has 23 heavy (non-hydrogen) atoms. The summed E-state index contributed by atoms with van der Waals surface area (Å²) in [5, 5.41) is 11.9. The molecule has 2 N–H and O–H groups in total. The Bertz CT molecular complexity index is 613. The van der Waals surface area contributed by atoms with Gasteiger partial charge in [0.1, 0.15) is 12.4 Å². The maximum Gasteiger partial charge on any atom is 0.251 e. The lowest BCUT2D eigenvalue weighted by Crippen LogP contribution is -2.35. The van der Waals surface area contributed by atoms with E-state index in [-0.39, 0.29) is 18.6 Å². The van der Waals surface area contributed by atoms with Gasteiger partial charge in [0.25, 0.3) is 5.91 Å². The minimum absolute atomic E-state index is 0.0126. The third-order valence-corrected chi connectivity index (χ3v) is 3.65. The number of ether oxygens (including phenoxy) is 1. The molecule has 4 heteroatoms. The maximum absolute atomic E-state index is 12.3. The van der Waals surface area contributed by atoms with Gasteiger partial charge in [0.05, 0.1) is 0 Å². The van der Waals surface area contributed by atoms with E-state index in [1.165, 1.54) is 0 Å². The zero-order valence-corrected chi connectivity index (χ0v) is 13.4. The topological polar surface area (TPSA) is 58.6 Å². The van der Waals surface area contributed by atoms with Crippen LogP contribution in [0.25, 0.3) is 0 Å². The monoisotopic (exact) mass is 313 g/mol. The zero-order chi connectivity index (χ0) is 16.5. The number of aliphatic hydroxyl groups excluding tert-OH is 1. The van der Waals surface area contributed by atoms with E-state index in [0.717, 1.165) is 12.0 Å². The second-order valence-electron chi connectivity index (χ2n) is 5.39. The van der Waals surface area contributed by atoms with Crippen molar-refractivity contribution >= 4 is 5.91 Å². The molecule has 2 rings (SSSR count). The van der Waals surface area contributed by atoms with Gasteiger partial charge in [-0.2, -0.15) is 0 Å². The molecule has 1 amide bonds. The molecule has 0 saturated heterocycles. The second-order valence-corrected chi connectivity index (χ2v) is 5.39. The summed E-state index contributed by atoms with van der Waals surface area (Å²) in [5.41, 5.74) is 1.64. The average Bonchev–Trinajstić information content (AvgIpc) is 2.60. The molecule has 1 unspecified atom stereocenters. The van der Waals surface area contributed by atoms with Crippen LogP contribution in [0.1, 0.15) is 35.7 Å². The van der Waals surface area contributed by atoms with E-state index in [9.17, 15) is 4.79 Å². The fourth-order valence-electron chi connectivity index (χ4n) is 2.27. The number of hydrogen-bond donors (Lipinski definition) is 2. The van der Waals surface area contributed by atoms with E-state index < -0.39 is 0 Å². The minimum atomic E-state index is -0.143. The summed E-state index contributed by atoms with van der Waals surface area (Å²) in [6, 6.07) is 17.0. The SMILES string of the molecule is CCC(CCO)NC(=O)c1cccc(OCc2ccccc2)c1. The highest BCUT2D eigenvalue weighted by molar-refractivity contribution is 5.94. The molecule has 0 aliphatic heterocycles. The first-order valence-electron chi connectivity index (χ1n) is 7.91. The van der Waals surface area contributed by atoms with Crippen LogP contribution in [0.5, 0.6) is 5.75 Å². The standard InChI is InChI=1S/C19H23NO3/c1-2-17(11-12-21)20-19(22)16-9-6-10-18(13-16)23-14-15-7-4-3-5-8-15/h3-10,13,17,21H,2,11-12,14H2,1H3,(H,20,22). The first-order chi connectivity index (χ1) is 11.2. The second kappa shape index (κ2) is 8.96. The van der Waals surface area contributed by atoms with Gasteiger partial charge in [-0.15, -0.1) is 0 Å². The Kier molecular flexibility index (Phi) is 6.63. The van der Waals surface area contributed by atoms with Crippen LogP contribution >= 0.6 is 0 Å². The lowest BCUT2D eigenvalue weighted by atomic mass is 10.1. The Hall–Kier alpha value is -2.33. The molecule has 0 saturated carbocycles. The van der Waals surface area contributed by atoms with Crippen LogP contribution in [0.3, 0.4) is 0 Å². The van der Waals surface area contributed by atoms with Gasteiger partial charge in [0, 0.05) is 18.2 Å². The highest BCUT2D eigenvalue weighted by atomic mass is 16.5. The van der Waals surface area contributed by atoms with Crippen molar-refractivity contribution < 1.29 is 14.6 Å². The Morgan fingerprint density at radius 1 is 1.17 bits per heavy atom. The fourth-order valence-corrected chi connectivity index (χ4v) is 2.27. The third-order valence-electron chi connectivity index (χ3n) is 3.65. The third kappa shape index (κ3) is 5.42. The fraction of sp³-hybridized carbons (Fsp3) is 0.316. The highest BCUT2D eigenvalue weighted by Gasteiger charge is 2.12. The van der Waals surface area contributed by atoms with Crippen molar-refractivity contribution in [2.45, 2.75) is 32.4 Å². The summed E-state index contributed by atoms with van der Waals surface area (Å²) in [6.07, 6.45) is 1.35. The van der Waals surface area contributed by atoms with E-state index in [0.29, 0.717) is 24.3 Å². The molecule has 2 aromatic rings. The largest absolute Gasteiger partial charge is 0.489 e. The number of carbonyl (C=O) groups is 1. The van der Waals surface area contributed by atoms with Gasteiger partial charge in [-0.1, -0.05) is 43.3 Å². The first kappa shape index (κ1) is 17.0. The normalized spacial score (nSPS) is 11.7. The van der Waals surface area contributed by atoms with Crippen LogP contribution < -0.4 is 10.1 Å². The van der Waals surface area contributed by atoms with Gasteiger partial charge >= 0.3 is 0 Å². The molecule has 0 heterocycles. The Balaban J connectivity index is 1.97. The summed E-state index contributed by atoms with van der Waals surface area (Å²) in [6.45, 7) is 2.52. The molecule has 0 radical (unpaired) electrons. The van der Waals surface area contributed by atoms with Crippen LogP contribution in [0, 0.1) is 0 Å². The maximum atomic E-state index is 12.3. The molecule has 1 atom stereocenters. The molecule has 0 fully saturated rings. The molecule has 0 spiro atoms. The number of benzene rings is 2. The lowest BCUT2D eigenvalue weighted by molar-refractivity contribution is 0.0928. The predicted octanol–water partition coefficient (Wildman–Crippen LogP) is 3.16. The number of nitrogens with one attached hydrogen (secondary N) is 1. The summed E-state index contributed by atoms with van der Waals surface area (Å²) in [5.74, 6) is 0.521. The van der Waals surface area contributed by atoms with Crippen LogP contribution in [0.2, 0.25) is 0 Å². The van der Waals surface area contributed by atoms with Crippen molar-refractivity contribution in [2.75, 3.05) is 6.61 Å². The van der Waals surface area contributed by atoms with Gasteiger partial charge in [-0.25, -0.2) is 0 Å². The Morgan fingerprint density at radius 2 is 1.96 bits per heavy atom. The van der Waals surface area contributed by atoms with Gasteiger partial charge in [0.2, 0.25) is 0 Å². The van der Waals surface area contributed by atoms with Crippen molar-refractivity contribution in [3.63, 3.8) is 0 Å². The molecular formula is C19H23NO3. The van der Waals surface area contributed by atoms with Crippen LogP contribution in [-0.2, 0) is 6.61 Å². The van der Waals surface area contributed by atoms with E-state index >= 15 is 0 Å². The lowest BCUT2D eigenvalue weighted by Gasteiger charge is -2.16. The first-order valence-corrected chi connectivity index (χ1v) is 7.91. The smallest absolute Gasteiger partial charge is 0.251 e. The number of carbonyl (C=O) groups excluding carboxylic acids is 1. The van der Waals surface area contributed by atoms with Crippen molar-refractivity contribution in [2.24, 2.45) is 0 Å². The minimum Gasteiger partial charge on any atom is -0.489 e. The summed E-state index contributed by atoms with van der Waals surface area (Å²) in [4.78, 5) is 12.3.